The van der Waals surface area contributed by atoms with Crippen LogP contribution in [0.5, 0.6) is 0 Å². The van der Waals surface area contributed by atoms with E-state index in [9.17, 15) is 9.59 Å². The molecule has 0 saturated carbocycles. The molecule has 14 heavy (non-hydrogen) atoms. The highest BCUT2D eigenvalue weighted by molar-refractivity contribution is 7.99. The zero-order valence-corrected chi connectivity index (χ0v) is 8.42. The molecule has 1 fully saturated rings. The zero-order valence-electron chi connectivity index (χ0n) is 7.60. The van der Waals surface area contributed by atoms with Crippen LogP contribution < -0.4 is 5.32 Å². The number of hydrogen-bond donors (Lipinski definition) is 2. The number of amides is 2. The van der Waals surface area contributed by atoms with Gasteiger partial charge in [0.1, 0.15) is 6.04 Å². The molecule has 1 aliphatic heterocycles. The molecule has 1 atom stereocenters. The molecule has 2 N–H and O–H groups in total. The SMILES string of the molecule is C=CCNC(=O)N1CSC[C@H]1C(=O)O. The fourth-order valence-electron chi connectivity index (χ4n) is 1.11. The Bertz CT molecular complexity index is 257. The van der Waals surface area contributed by atoms with Crippen LogP contribution in [0.3, 0.4) is 0 Å². The summed E-state index contributed by atoms with van der Waals surface area (Å²) in [6.45, 7) is 3.81. The number of rotatable bonds is 3. The molecule has 2 amide bonds. The van der Waals surface area contributed by atoms with Crippen LogP contribution in [0.4, 0.5) is 4.79 Å². The molecule has 0 bridgehead atoms. The van der Waals surface area contributed by atoms with Gasteiger partial charge in [0, 0.05) is 12.3 Å². The Balaban J connectivity index is 2.53. The van der Waals surface area contributed by atoms with Crippen LogP contribution in [0.25, 0.3) is 0 Å². The molecule has 0 aromatic rings. The Morgan fingerprint density at radius 2 is 2.43 bits per heavy atom. The number of carboxylic acid groups (broad SMARTS) is 1. The lowest BCUT2D eigenvalue weighted by atomic mass is 10.3. The van der Waals surface area contributed by atoms with E-state index in [-0.39, 0.29) is 6.03 Å². The normalized spacial score (nSPS) is 20.6. The van der Waals surface area contributed by atoms with Crippen LogP contribution in [0.2, 0.25) is 0 Å². The lowest BCUT2D eigenvalue weighted by molar-refractivity contribution is -0.140. The lowest BCUT2D eigenvalue weighted by Crippen LogP contribution is -2.46. The van der Waals surface area contributed by atoms with E-state index in [1.165, 1.54) is 16.7 Å². The first-order valence-corrected chi connectivity index (χ1v) is 5.28. The molecule has 0 aliphatic carbocycles. The first-order valence-electron chi connectivity index (χ1n) is 4.12. The molecule has 1 aliphatic rings. The summed E-state index contributed by atoms with van der Waals surface area (Å²) in [5.74, 6) is -0.0692. The largest absolute Gasteiger partial charge is 0.480 e. The molecule has 0 aromatic carbocycles. The van der Waals surface area contributed by atoms with Crippen LogP contribution in [-0.2, 0) is 4.79 Å². The average molecular weight is 216 g/mol. The number of aliphatic carboxylic acids is 1. The molecular formula is C8H12N2O3S. The lowest BCUT2D eigenvalue weighted by Gasteiger charge is -2.20. The zero-order chi connectivity index (χ0) is 10.6. The molecule has 1 heterocycles. The van der Waals surface area contributed by atoms with Crippen molar-refractivity contribution in [2.75, 3.05) is 18.2 Å². The van der Waals surface area contributed by atoms with E-state index in [0.717, 1.165) is 0 Å². The van der Waals surface area contributed by atoms with Crippen molar-refractivity contribution < 1.29 is 14.7 Å². The van der Waals surface area contributed by atoms with E-state index in [4.69, 9.17) is 5.11 Å². The fourth-order valence-corrected chi connectivity index (χ4v) is 2.25. The number of nitrogens with zero attached hydrogens (tertiary/aromatic N) is 1. The summed E-state index contributed by atoms with van der Waals surface area (Å²) >= 11 is 1.44. The summed E-state index contributed by atoms with van der Waals surface area (Å²) in [5.41, 5.74) is 0. The van der Waals surface area contributed by atoms with Crippen molar-refractivity contribution in [1.29, 1.82) is 0 Å². The second kappa shape index (κ2) is 4.90. The van der Waals surface area contributed by atoms with Crippen molar-refractivity contribution in [2.24, 2.45) is 0 Å². The van der Waals surface area contributed by atoms with Crippen molar-refractivity contribution in [2.45, 2.75) is 6.04 Å². The minimum absolute atomic E-state index is 0.345. The summed E-state index contributed by atoms with van der Waals surface area (Å²) in [7, 11) is 0. The van der Waals surface area contributed by atoms with Gasteiger partial charge in [-0.25, -0.2) is 9.59 Å². The number of hydrogen-bond acceptors (Lipinski definition) is 3. The van der Waals surface area contributed by atoms with Gasteiger partial charge in [0.25, 0.3) is 0 Å². The van der Waals surface area contributed by atoms with Crippen molar-refractivity contribution in [1.82, 2.24) is 10.2 Å². The Morgan fingerprint density at radius 3 is 3.00 bits per heavy atom. The first-order chi connectivity index (χ1) is 6.66. The minimum atomic E-state index is -0.955. The van der Waals surface area contributed by atoms with E-state index in [0.29, 0.717) is 18.2 Å². The first kappa shape index (κ1) is 10.9. The Kier molecular flexibility index (Phi) is 3.82. The van der Waals surface area contributed by atoms with Gasteiger partial charge in [0.05, 0.1) is 5.88 Å². The van der Waals surface area contributed by atoms with Crippen molar-refractivity contribution in [3.8, 4) is 0 Å². The van der Waals surface area contributed by atoms with Crippen LogP contribution in [0, 0.1) is 0 Å². The fraction of sp³-hybridized carbons (Fsp3) is 0.500. The Labute approximate surface area is 86.1 Å². The Morgan fingerprint density at radius 1 is 1.71 bits per heavy atom. The van der Waals surface area contributed by atoms with Crippen LogP contribution >= 0.6 is 11.8 Å². The molecule has 6 heteroatoms. The summed E-state index contributed by atoms with van der Waals surface area (Å²) in [6.07, 6.45) is 1.55. The molecule has 0 spiro atoms. The van der Waals surface area contributed by atoms with Gasteiger partial charge >= 0.3 is 12.0 Å². The quantitative estimate of drug-likeness (QED) is 0.667. The molecular weight excluding hydrogens is 204 g/mol. The topological polar surface area (TPSA) is 69.6 Å². The highest BCUT2D eigenvalue weighted by Gasteiger charge is 2.34. The van der Waals surface area contributed by atoms with E-state index in [1.54, 1.807) is 6.08 Å². The second-order valence-electron chi connectivity index (χ2n) is 2.80. The van der Waals surface area contributed by atoms with Gasteiger partial charge in [-0.1, -0.05) is 6.08 Å². The summed E-state index contributed by atoms with van der Waals surface area (Å²) in [6, 6.07) is -1.05. The number of carbonyl (C=O) groups is 2. The third-order valence-electron chi connectivity index (χ3n) is 1.83. The predicted molar refractivity (Wildman–Crippen MR) is 54.2 cm³/mol. The predicted octanol–water partition coefficient (Wildman–Crippen LogP) is 0.341. The summed E-state index contributed by atoms with van der Waals surface area (Å²) in [4.78, 5) is 23.5. The standard InChI is InChI=1S/C8H12N2O3S/c1-2-3-9-8(13)10-5-14-4-6(10)7(11)12/h2,6H,1,3-5H2,(H,9,13)(H,11,12)/t6-/m0/s1. The maximum atomic E-state index is 11.4. The highest BCUT2D eigenvalue weighted by atomic mass is 32.2. The number of carbonyl (C=O) groups excluding carboxylic acids is 1. The molecule has 0 radical (unpaired) electrons. The van der Waals surface area contributed by atoms with Crippen LogP contribution in [0.1, 0.15) is 0 Å². The molecule has 1 rings (SSSR count). The number of carboxylic acids is 1. The maximum absolute atomic E-state index is 11.4. The average Bonchev–Trinajstić information content (AvgIpc) is 2.62. The van der Waals surface area contributed by atoms with Crippen LogP contribution in [0.15, 0.2) is 12.7 Å². The van der Waals surface area contributed by atoms with E-state index < -0.39 is 12.0 Å². The van der Waals surface area contributed by atoms with Crippen molar-refractivity contribution in [3.63, 3.8) is 0 Å². The molecule has 0 aromatic heterocycles. The molecule has 5 nitrogen and oxygen atoms in total. The van der Waals surface area contributed by atoms with Gasteiger partial charge in [-0.2, -0.15) is 0 Å². The van der Waals surface area contributed by atoms with E-state index in [2.05, 4.69) is 11.9 Å². The number of nitrogens with one attached hydrogen (secondary N) is 1. The van der Waals surface area contributed by atoms with Gasteiger partial charge < -0.3 is 15.3 Å². The minimum Gasteiger partial charge on any atom is -0.480 e. The summed E-state index contributed by atoms with van der Waals surface area (Å²) in [5, 5.41) is 11.4. The third-order valence-corrected chi connectivity index (χ3v) is 2.84. The smallest absolute Gasteiger partial charge is 0.327 e. The monoisotopic (exact) mass is 216 g/mol. The van der Waals surface area contributed by atoms with Crippen molar-refractivity contribution >= 4 is 23.8 Å². The highest BCUT2D eigenvalue weighted by Crippen LogP contribution is 2.20. The third kappa shape index (κ3) is 2.41. The van der Waals surface area contributed by atoms with Crippen molar-refractivity contribution in [3.05, 3.63) is 12.7 Å². The van der Waals surface area contributed by atoms with E-state index >= 15 is 0 Å². The number of urea groups is 1. The summed E-state index contributed by atoms with van der Waals surface area (Å²) < 4.78 is 0. The number of thioether (sulfide) groups is 1. The van der Waals surface area contributed by atoms with Gasteiger partial charge in [0.2, 0.25) is 0 Å². The second-order valence-corrected chi connectivity index (χ2v) is 3.80. The van der Waals surface area contributed by atoms with Crippen LogP contribution in [-0.4, -0.2) is 46.2 Å². The maximum Gasteiger partial charge on any atom is 0.327 e. The van der Waals surface area contributed by atoms with E-state index in [1.807, 2.05) is 0 Å². The molecule has 78 valence electrons. The van der Waals surface area contributed by atoms with Gasteiger partial charge in [-0.05, 0) is 0 Å². The molecule has 0 unspecified atom stereocenters. The van der Waals surface area contributed by atoms with Gasteiger partial charge in [-0.3, -0.25) is 0 Å². The Hall–Kier alpha value is -1.17. The molecule has 1 saturated heterocycles. The van der Waals surface area contributed by atoms with Gasteiger partial charge in [-0.15, -0.1) is 18.3 Å². The van der Waals surface area contributed by atoms with Gasteiger partial charge in [0.15, 0.2) is 0 Å².